The number of nitrogens with zero attached hydrogens (tertiary/aromatic N) is 5. The number of halogens is 1. The summed E-state index contributed by atoms with van der Waals surface area (Å²) in [6.07, 6.45) is 5.48. The van der Waals surface area contributed by atoms with Gasteiger partial charge in [0.2, 0.25) is 0 Å². The molecule has 1 saturated carbocycles. The Morgan fingerprint density at radius 3 is 2.88 bits per heavy atom. The molecule has 3 heterocycles. The van der Waals surface area contributed by atoms with Crippen LogP contribution in [0.2, 0.25) is 5.02 Å². The molecule has 0 radical (unpaired) electrons. The smallest absolute Gasteiger partial charge is 0.256 e. The van der Waals surface area contributed by atoms with Crippen molar-refractivity contribution in [2.45, 2.75) is 32.4 Å². The number of amides is 1. The maximum atomic E-state index is 12.8. The number of nitrogens with two attached hydrogens (primary N) is 1. The van der Waals surface area contributed by atoms with Crippen molar-refractivity contribution in [1.29, 1.82) is 0 Å². The summed E-state index contributed by atoms with van der Waals surface area (Å²) in [6.45, 7) is 2.72. The lowest BCUT2D eigenvalue weighted by Crippen LogP contribution is -2.34. The molecule has 2 aromatic heterocycles. The lowest BCUT2D eigenvalue weighted by molar-refractivity contribution is 0.0697. The Morgan fingerprint density at radius 2 is 2.12 bits per heavy atom. The average Bonchev–Trinajstić information content (AvgIpc) is 3.28. The summed E-state index contributed by atoms with van der Waals surface area (Å²) in [5.74, 6) is 0.962. The molecule has 5 rings (SSSR count). The molecule has 0 spiro atoms. The van der Waals surface area contributed by atoms with Gasteiger partial charge in [0.05, 0.1) is 22.5 Å². The average molecular weight is 369 g/mol. The lowest BCUT2D eigenvalue weighted by atomic mass is 10.0. The molecule has 1 unspecified atom stereocenters. The van der Waals surface area contributed by atoms with Gasteiger partial charge in [-0.3, -0.25) is 4.79 Å². The van der Waals surface area contributed by atoms with E-state index in [9.17, 15) is 4.79 Å². The largest absolute Gasteiger partial charge is 0.381 e. The molecule has 8 heteroatoms. The number of hydrogen-bond donors (Lipinski definition) is 1. The summed E-state index contributed by atoms with van der Waals surface area (Å²) < 4.78 is 1.64. The number of rotatable bonds is 3. The Hall–Kier alpha value is -2.67. The van der Waals surface area contributed by atoms with Crippen LogP contribution in [0, 0.1) is 5.92 Å². The highest BCUT2D eigenvalue weighted by Gasteiger charge is 2.39. The predicted molar refractivity (Wildman–Crippen MR) is 97.7 cm³/mol. The second-order valence-electron chi connectivity index (χ2n) is 7.03. The third-order valence-corrected chi connectivity index (χ3v) is 5.71. The molecule has 1 amide bonds. The summed E-state index contributed by atoms with van der Waals surface area (Å²) in [5.41, 5.74) is 9.54. The molecule has 2 aliphatic rings. The minimum absolute atomic E-state index is 0.0284. The number of fused-ring (bicyclic) bond motifs is 2. The third kappa shape index (κ3) is 2.20. The molecule has 2 N–H and O–H groups in total. The minimum Gasteiger partial charge on any atom is -0.381 e. The highest BCUT2D eigenvalue weighted by molar-refractivity contribution is 6.34. The number of nitrogen functional groups attached to an aromatic ring is 1. The van der Waals surface area contributed by atoms with Gasteiger partial charge in [0.15, 0.2) is 11.5 Å². The highest BCUT2D eigenvalue weighted by atomic mass is 35.5. The molecule has 1 atom stereocenters. The monoisotopic (exact) mass is 368 g/mol. The van der Waals surface area contributed by atoms with Crippen molar-refractivity contribution < 1.29 is 4.79 Å². The number of aromatic nitrogens is 4. The van der Waals surface area contributed by atoms with Gasteiger partial charge in [-0.25, -0.2) is 14.5 Å². The zero-order valence-corrected chi connectivity index (χ0v) is 14.9. The normalized spacial score (nSPS) is 17.8. The first-order valence-electron chi connectivity index (χ1n) is 8.62. The van der Waals surface area contributed by atoms with Crippen LogP contribution in [0.4, 0.5) is 5.82 Å². The van der Waals surface area contributed by atoms with Crippen molar-refractivity contribution in [3.63, 3.8) is 0 Å². The van der Waals surface area contributed by atoms with Gasteiger partial charge in [0.1, 0.15) is 6.33 Å². The van der Waals surface area contributed by atoms with Gasteiger partial charge in [-0.2, -0.15) is 5.10 Å². The van der Waals surface area contributed by atoms with E-state index < -0.39 is 0 Å². The van der Waals surface area contributed by atoms with E-state index in [1.807, 2.05) is 11.0 Å². The van der Waals surface area contributed by atoms with Gasteiger partial charge >= 0.3 is 0 Å². The minimum atomic E-state index is 0.0284. The molecular formula is C18H17ClN6O. The zero-order valence-electron chi connectivity index (χ0n) is 14.2. The van der Waals surface area contributed by atoms with Crippen LogP contribution in [0.5, 0.6) is 0 Å². The molecule has 1 aromatic carbocycles. The van der Waals surface area contributed by atoms with E-state index in [1.165, 1.54) is 19.2 Å². The second-order valence-corrected chi connectivity index (χ2v) is 7.43. The molecular weight excluding hydrogens is 352 g/mol. The van der Waals surface area contributed by atoms with E-state index in [1.54, 1.807) is 16.8 Å². The second kappa shape index (κ2) is 5.41. The summed E-state index contributed by atoms with van der Waals surface area (Å²) in [5, 5.41) is 4.70. The fraction of sp³-hybridized carbons (Fsp3) is 0.333. The lowest BCUT2D eigenvalue weighted by Gasteiger charge is -2.23. The Morgan fingerprint density at radius 1 is 1.31 bits per heavy atom. The SMILES string of the molecule is CC(C1CC1)N1Cc2cc(-c3cnc4c(N)ncnn34)cc(Cl)c2C1=O. The number of carbonyl (C=O) groups is 1. The van der Waals surface area contributed by atoms with E-state index in [0.717, 1.165) is 16.8 Å². The van der Waals surface area contributed by atoms with Gasteiger partial charge in [-0.05, 0) is 43.4 Å². The van der Waals surface area contributed by atoms with E-state index in [2.05, 4.69) is 22.0 Å². The summed E-state index contributed by atoms with van der Waals surface area (Å²) in [7, 11) is 0. The van der Waals surface area contributed by atoms with Crippen LogP contribution in [0.15, 0.2) is 24.7 Å². The van der Waals surface area contributed by atoms with Crippen LogP contribution in [0.1, 0.15) is 35.7 Å². The third-order valence-electron chi connectivity index (χ3n) is 5.41. The van der Waals surface area contributed by atoms with E-state index in [4.69, 9.17) is 17.3 Å². The Labute approximate surface area is 154 Å². The quantitative estimate of drug-likeness (QED) is 0.767. The van der Waals surface area contributed by atoms with E-state index >= 15 is 0 Å². The molecule has 132 valence electrons. The van der Waals surface area contributed by atoms with Crippen molar-refractivity contribution in [3.05, 3.63) is 40.8 Å². The van der Waals surface area contributed by atoms with Gasteiger partial charge in [0.25, 0.3) is 5.91 Å². The Kier molecular flexibility index (Phi) is 3.24. The number of hydrogen-bond acceptors (Lipinski definition) is 5. The van der Waals surface area contributed by atoms with Gasteiger partial charge in [-0.1, -0.05) is 11.6 Å². The first-order chi connectivity index (χ1) is 12.5. The summed E-state index contributed by atoms with van der Waals surface area (Å²) in [4.78, 5) is 23.0. The van der Waals surface area contributed by atoms with Gasteiger partial charge in [-0.15, -0.1) is 0 Å². The Balaban J connectivity index is 1.59. The molecule has 1 aliphatic heterocycles. The number of imidazole rings is 1. The summed E-state index contributed by atoms with van der Waals surface area (Å²) in [6, 6.07) is 4.05. The molecule has 26 heavy (non-hydrogen) atoms. The van der Waals surface area contributed by atoms with Crippen LogP contribution >= 0.6 is 11.6 Å². The number of anilines is 1. The first-order valence-corrected chi connectivity index (χ1v) is 9.00. The standard InChI is InChI=1S/C18H17ClN6O/c1-9(10-2-3-10)24-7-12-4-11(5-13(19)15(12)18(24)26)14-6-21-17-16(20)22-8-23-25(14)17/h4-6,8-10H,2-3,7H2,1H3,(H2,20,22,23). The molecule has 7 nitrogen and oxygen atoms in total. The first kappa shape index (κ1) is 15.6. The van der Waals surface area contributed by atoms with Crippen molar-refractivity contribution in [2.24, 2.45) is 5.92 Å². The van der Waals surface area contributed by atoms with Gasteiger partial charge < -0.3 is 10.6 Å². The fourth-order valence-electron chi connectivity index (χ4n) is 3.77. The van der Waals surface area contributed by atoms with Crippen molar-refractivity contribution >= 4 is 29.0 Å². The van der Waals surface area contributed by atoms with Crippen LogP contribution in [0.3, 0.4) is 0 Å². The topological polar surface area (TPSA) is 89.4 Å². The number of benzene rings is 1. The molecule has 1 aliphatic carbocycles. The predicted octanol–water partition coefficient (Wildman–Crippen LogP) is 2.78. The maximum absolute atomic E-state index is 12.8. The van der Waals surface area contributed by atoms with Crippen LogP contribution in [-0.4, -0.2) is 36.4 Å². The van der Waals surface area contributed by atoms with Crippen LogP contribution < -0.4 is 5.73 Å². The molecule has 0 bridgehead atoms. The van der Waals surface area contributed by atoms with Crippen molar-refractivity contribution in [2.75, 3.05) is 5.73 Å². The fourth-order valence-corrected chi connectivity index (χ4v) is 4.09. The van der Waals surface area contributed by atoms with Crippen molar-refractivity contribution in [3.8, 4) is 11.3 Å². The highest BCUT2D eigenvalue weighted by Crippen LogP contribution is 2.40. The molecule has 0 saturated heterocycles. The van der Waals surface area contributed by atoms with E-state index in [-0.39, 0.29) is 11.9 Å². The summed E-state index contributed by atoms with van der Waals surface area (Å²) >= 11 is 6.50. The van der Waals surface area contributed by atoms with Crippen molar-refractivity contribution in [1.82, 2.24) is 24.5 Å². The number of carbonyl (C=O) groups excluding carboxylic acids is 1. The van der Waals surface area contributed by atoms with E-state index in [0.29, 0.717) is 34.5 Å². The molecule has 1 fully saturated rings. The molecule has 3 aromatic rings. The maximum Gasteiger partial charge on any atom is 0.256 e. The zero-order chi connectivity index (χ0) is 18.0. The Bertz CT molecular complexity index is 1060. The van der Waals surface area contributed by atoms with Gasteiger partial charge in [0, 0.05) is 18.2 Å². The van der Waals surface area contributed by atoms with Crippen LogP contribution in [-0.2, 0) is 6.54 Å². The van der Waals surface area contributed by atoms with Crippen LogP contribution in [0.25, 0.3) is 16.9 Å².